The maximum atomic E-state index is 12.5. The second-order valence-corrected chi connectivity index (χ2v) is 9.87. The zero-order valence-corrected chi connectivity index (χ0v) is 16.9. The smallest absolute Gasteiger partial charge is 0.251 e. The van der Waals surface area contributed by atoms with Gasteiger partial charge in [-0.1, -0.05) is 12.1 Å². The van der Waals surface area contributed by atoms with Crippen LogP contribution < -0.4 is 5.32 Å². The van der Waals surface area contributed by atoms with Gasteiger partial charge in [-0.15, -0.1) is 0 Å². The van der Waals surface area contributed by atoms with Crippen LogP contribution >= 0.6 is 0 Å². The van der Waals surface area contributed by atoms with Crippen LogP contribution in [0.3, 0.4) is 0 Å². The highest BCUT2D eigenvalue weighted by Gasteiger charge is 2.29. The molecule has 0 radical (unpaired) electrons. The number of nitrogens with zero attached hydrogens (tertiary/aromatic N) is 3. The van der Waals surface area contributed by atoms with E-state index in [1.807, 2.05) is 0 Å². The summed E-state index contributed by atoms with van der Waals surface area (Å²) in [6.07, 6.45) is 2.27. The topological polar surface area (TPSA) is 125 Å². The Morgan fingerprint density at radius 2 is 1.83 bits per heavy atom. The van der Waals surface area contributed by atoms with E-state index in [9.17, 15) is 18.0 Å². The Morgan fingerprint density at radius 1 is 1.17 bits per heavy atom. The van der Waals surface area contributed by atoms with E-state index < -0.39 is 15.9 Å². The summed E-state index contributed by atoms with van der Waals surface area (Å²) >= 11 is 0. The first-order valence-corrected chi connectivity index (χ1v) is 11.5. The van der Waals surface area contributed by atoms with Gasteiger partial charge >= 0.3 is 0 Å². The van der Waals surface area contributed by atoms with Crippen LogP contribution in [0.5, 0.6) is 0 Å². The van der Waals surface area contributed by atoms with Gasteiger partial charge in [0.15, 0.2) is 15.7 Å². The van der Waals surface area contributed by atoms with Crippen molar-refractivity contribution in [3.63, 3.8) is 0 Å². The first-order chi connectivity index (χ1) is 13.8. The van der Waals surface area contributed by atoms with Crippen LogP contribution in [0.4, 0.5) is 0 Å². The van der Waals surface area contributed by atoms with Crippen molar-refractivity contribution in [1.29, 1.82) is 0 Å². The highest BCUT2D eigenvalue weighted by atomic mass is 32.2. The standard InChI is InChI=1S/C19H23N5O4S/c1-12(19(26)24-8-10-29(27,28)11-9-24)20-18(25)15-6-4-14(5-7-15)17-21-16(22-23-17)13-2-3-13/h4-7,12-13H,2-3,8-11H2,1H3,(H,20,25)(H,21,22,23)/t12-/m0/s1. The summed E-state index contributed by atoms with van der Waals surface area (Å²) in [5, 5.41) is 9.87. The second kappa shape index (κ2) is 7.58. The predicted octanol–water partition coefficient (Wildman–Crippen LogP) is 0.724. The van der Waals surface area contributed by atoms with E-state index in [0.29, 0.717) is 17.3 Å². The Labute approximate surface area is 168 Å². The van der Waals surface area contributed by atoms with Crippen molar-refractivity contribution in [2.24, 2.45) is 0 Å². The first kappa shape index (κ1) is 19.6. The van der Waals surface area contributed by atoms with Gasteiger partial charge in [-0.25, -0.2) is 13.4 Å². The van der Waals surface area contributed by atoms with Crippen molar-refractivity contribution in [2.45, 2.75) is 31.7 Å². The number of nitrogens with one attached hydrogen (secondary N) is 2. The Hall–Kier alpha value is -2.75. The summed E-state index contributed by atoms with van der Waals surface area (Å²) in [4.78, 5) is 30.9. The molecule has 0 bridgehead atoms. The van der Waals surface area contributed by atoms with Crippen molar-refractivity contribution >= 4 is 21.7 Å². The molecule has 0 unspecified atom stereocenters. The van der Waals surface area contributed by atoms with Crippen LogP contribution in [0, 0.1) is 0 Å². The van der Waals surface area contributed by atoms with Gasteiger partial charge < -0.3 is 10.2 Å². The third kappa shape index (κ3) is 4.47. The molecule has 10 heteroatoms. The Morgan fingerprint density at radius 3 is 2.45 bits per heavy atom. The number of carbonyl (C=O) groups is 2. The fourth-order valence-electron chi connectivity index (χ4n) is 3.26. The van der Waals surface area contributed by atoms with E-state index in [-0.39, 0.29) is 36.4 Å². The fraction of sp³-hybridized carbons (Fsp3) is 0.474. The van der Waals surface area contributed by atoms with Crippen LogP contribution in [0.2, 0.25) is 0 Å². The third-order valence-electron chi connectivity index (χ3n) is 5.25. The summed E-state index contributed by atoms with van der Waals surface area (Å²) in [5.74, 6) is 1.27. The molecule has 29 heavy (non-hydrogen) atoms. The van der Waals surface area contributed by atoms with Gasteiger partial charge in [0.1, 0.15) is 11.9 Å². The van der Waals surface area contributed by atoms with Gasteiger partial charge in [0, 0.05) is 30.1 Å². The molecule has 154 valence electrons. The van der Waals surface area contributed by atoms with E-state index in [1.54, 1.807) is 31.2 Å². The van der Waals surface area contributed by atoms with E-state index in [2.05, 4.69) is 20.5 Å². The van der Waals surface area contributed by atoms with Gasteiger partial charge in [-0.3, -0.25) is 14.7 Å². The monoisotopic (exact) mass is 417 g/mol. The summed E-state index contributed by atoms with van der Waals surface area (Å²) in [6, 6.07) is 6.15. The summed E-state index contributed by atoms with van der Waals surface area (Å²) in [6.45, 7) is 1.93. The molecule has 2 fully saturated rings. The van der Waals surface area contributed by atoms with Gasteiger partial charge in [-0.05, 0) is 31.9 Å². The lowest BCUT2D eigenvalue weighted by molar-refractivity contribution is -0.132. The molecule has 1 atom stereocenters. The number of benzene rings is 1. The normalized spacial score (nSPS) is 19.6. The molecule has 4 rings (SSSR count). The SMILES string of the molecule is C[C@H](NC(=O)c1ccc(-c2n[nH]c(C3CC3)n2)cc1)C(=O)N1CCS(=O)(=O)CC1. The molecular formula is C19H23N5O4S. The molecule has 2 N–H and O–H groups in total. The minimum Gasteiger partial charge on any atom is -0.341 e. The predicted molar refractivity (Wildman–Crippen MR) is 106 cm³/mol. The highest BCUT2D eigenvalue weighted by molar-refractivity contribution is 7.91. The number of hydrogen-bond acceptors (Lipinski definition) is 6. The zero-order chi connectivity index (χ0) is 20.6. The van der Waals surface area contributed by atoms with Crippen molar-refractivity contribution in [3.8, 4) is 11.4 Å². The first-order valence-electron chi connectivity index (χ1n) is 9.65. The quantitative estimate of drug-likeness (QED) is 0.739. The highest BCUT2D eigenvalue weighted by Crippen LogP contribution is 2.38. The minimum absolute atomic E-state index is 0.0371. The molecule has 1 aliphatic carbocycles. The molecule has 1 aliphatic heterocycles. The lowest BCUT2D eigenvalue weighted by atomic mass is 10.1. The molecular weight excluding hydrogens is 394 g/mol. The number of hydrogen-bond donors (Lipinski definition) is 2. The number of sulfone groups is 1. The average molecular weight is 417 g/mol. The van der Waals surface area contributed by atoms with Crippen molar-refractivity contribution in [2.75, 3.05) is 24.6 Å². The van der Waals surface area contributed by atoms with Crippen LogP contribution in [0.25, 0.3) is 11.4 Å². The molecule has 9 nitrogen and oxygen atoms in total. The van der Waals surface area contributed by atoms with Gasteiger partial charge in [0.05, 0.1) is 11.5 Å². The zero-order valence-electron chi connectivity index (χ0n) is 16.1. The fourth-order valence-corrected chi connectivity index (χ4v) is 4.46. The van der Waals surface area contributed by atoms with Crippen LogP contribution in [-0.4, -0.2) is 71.0 Å². The Kier molecular flexibility index (Phi) is 5.12. The van der Waals surface area contributed by atoms with E-state index in [4.69, 9.17) is 0 Å². The summed E-state index contributed by atoms with van der Waals surface area (Å²) in [7, 11) is -3.06. The third-order valence-corrected chi connectivity index (χ3v) is 6.86. The maximum Gasteiger partial charge on any atom is 0.251 e. The molecule has 1 saturated carbocycles. The number of aromatic nitrogens is 3. The van der Waals surface area contributed by atoms with Gasteiger partial charge in [0.25, 0.3) is 5.91 Å². The van der Waals surface area contributed by atoms with Crippen molar-refractivity contribution in [3.05, 3.63) is 35.7 Å². The lowest BCUT2D eigenvalue weighted by Crippen LogP contribution is -2.51. The number of H-pyrrole nitrogens is 1. The van der Waals surface area contributed by atoms with E-state index >= 15 is 0 Å². The van der Waals surface area contributed by atoms with E-state index in [0.717, 1.165) is 24.2 Å². The molecule has 1 aromatic carbocycles. The summed E-state index contributed by atoms with van der Waals surface area (Å²) in [5.41, 5.74) is 1.23. The molecule has 1 aromatic heterocycles. The minimum atomic E-state index is -3.06. The van der Waals surface area contributed by atoms with Crippen molar-refractivity contribution < 1.29 is 18.0 Å². The molecule has 2 aromatic rings. The second-order valence-electron chi connectivity index (χ2n) is 7.57. The van der Waals surface area contributed by atoms with Crippen LogP contribution in [0.1, 0.15) is 41.9 Å². The number of carbonyl (C=O) groups excluding carboxylic acids is 2. The summed E-state index contributed by atoms with van der Waals surface area (Å²) < 4.78 is 23.0. The molecule has 2 heterocycles. The molecule has 2 amide bonds. The molecule has 2 aliphatic rings. The number of amides is 2. The Bertz CT molecular complexity index is 1010. The van der Waals surface area contributed by atoms with Crippen molar-refractivity contribution in [1.82, 2.24) is 25.4 Å². The number of aromatic amines is 1. The molecule has 0 spiro atoms. The maximum absolute atomic E-state index is 12.5. The molecule has 1 saturated heterocycles. The van der Waals surface area contributed by atoms with E-state index in [1.165, 1.54) is 4.90 Å². The number of rotatable bonds is 5. The van der Waals surface area contributed by atoms with Gasteiger partial charge in [0.2, 0.25) is 5.91 Å². The largest absolute Gasteiger partial charge is 0.341 e. The Balaban J connectivity index is 1.35. The van der Waals surface area contributed by atoms with Gasteiger partial charge in [-0.2, -0.15) is 5.10 Å². The lowest BCUT2D eigenvalue weighted by Gasteiger charge is -2.29. The van der Waals surface area contributed by atoms with Crippen LogP contribution in [0.15, 0.2) is 24.3 Å². The van der Waals surface area contributed by atoms with Crippen LogP contribution in [-0.2, 0) is 14.6 Å². The average Bonchev–Trinajstić information content (AvgIpc) is 3.44.